The number of hydrogen-bond acceptors (Lipinski definition) is 6. The van der Waals surface area contributed by atoms with Gasteiger partial charge in [-0.15, -0.1) is 0 Å². The van der Waals surface area contributed by atoms with Gasteiger partial charge in [-0.2, -0.15) is 0 Å². The first-order valence-corrected chi connectivity index (χ1v) is 9.51. The Kier molecular flexibility index (Phi) is 5.06. The third-order valence-electron chi connectivity index (χ3n) is 4.95. The fourth-order valence-corrected chi connectivity index (χ4v) is 3.46. The highest BCUT2D eigenvalue weighted by molar-refractivity contribution is 5.95. The van der Waals surface area contributed by atoms with E-state index in [0.29, 0.717) is 30.2 Å². The number of hydrogen-bond donors (Lipinski definition) is 1. The number of ether oxygens (including phenoxy) is 4. The topological polar surface area (TPSA) is 88.0 Å². The summed E-state index contributed by atoms with van der Waals surface area (Å²) in [4.78, 5) is 25.7. The van der Waals surface area contributed by atoms with Crippen LogP contribution in [-0.4, -0.2) is 42.3 Å². The minimum Gasteiger partial charge on any atom is -0.454 e. The Morgan fingerprint density at radius 2 is 2.03 bits per heavy atom. The molecule has 1 aromatic carbocycles. The molecule has 1 atom stereocenters. The molecule has 1 unspecified atom stereocenters. The van der Waals surface area contributed by atoms with Crippen molar-refractivity contribution in [3.05, 3.63) is 57.5 Å². The predicted molar refractivity (Wildman–Crippen MR) is 104 cm³/mol. The van der Waals surface area contributed by atoms with Crippen molar-refractivity contribution in [1.29, 1.82) is 0 Å². The molecule has 4 rings (SSSR count). The van der Waals surface area contributed by atoms with E-state index in [1.54, 1.807) is 19.2 Å². The highest BCUT2D eigenvalue weighted by Gasteiger charge is 2.33. The van der Waals surface area contributed by atoms with Crippen LogP contribution in [0.15, 0.2) is 35.3 Å². The maximum absolute atomic E-state index is 13.0. The zero-order chi connectivity index (χ0) is 20.6. The molecule has 154 valence electrons. The zero-order valence-electron chi connectivity index (χ0n) is 16.7. The molecule has 1 fully saturated rings. The Morgan fingerprint density at radius 3 is 2.79 bits per heavy atom. The number of carbonyl (C=O) groups is 1. The molecular formula is C21H24N2O6. The fraction of sp³-hybridized carbons (Fsp3) is 0.429. The molecule has 0 aliphatic carbocycles. The van der Waals surface area contributed by atoms with Crippen molar-refractivity contribution in [2.45, 2.75) is 39.2 Å². The van der Waals surface area contributed by atoms with E-state index in [4.69, 9.17) is 18.9 Å². The minimum atomic E-state index is -0.657. The minimum absolute atomic E-state index is 0.131. The second-order valence-electron chi connectivity index (χ2n) is 7.66. The molecule has 2 aliphatic rings. The van der Waals surface area contributed by atoms with E-state index >= 15 is 0 Å². The lowest BCUT2D eigenvalue weighted by Crippen LogP contribution is -2.38. The molecule has 2 aromatic rings. The third kappa shape index (κ3) is 4.13. The predicted octanol–water partition coefficient (Wildman–Crippen LogP) is 1.82. The SMILES string of the molecule is Cc1ccn(Cc2ccc3c(c2)OCO3)c(=O)c1C(=O)NCC1COC(C)(C)O1. The summed E-state index contributed by atoms with van der Waals surface area (Å²) in [5.41, 5.74) is 1.29. The van der Waals surface area contributed by atoms with Crippen LogP contribution >= 0.6 is 0 Å². The van der Waals surface area contributed by atoms with Crippen molar-refractivity contribution in [2.24, 2.45) is 0 Å². The third-order valence-corrected chi connectivity index (χ3v) is 4.95. The average molecular weight is 400 g/mol. The van der Waals surface area contributed by atoms with E-state index in [-0.39, 0.29) is 30.6 Å². The van der Waals surface area contributed by atoms with Gasteiger partial charge >= 0.3 is 0 Å². The first kappa shape index (κ1) is 19.5. The summed E-state index contributed by atoms with van der Waals surface area (Å²) in [6.07, 6.45) is 1.45. The van der Waals surface area contributed by atoms with Gasteiger partial charge in [0.25, 0.3) is 11.5 Å². The molecule has 0 spiro atoms. The monoisotopic (exact) mass is 400 g/mol. The Balaban J connectivity index is 1.49. The van der Waals surface area contributed by atoms with Gasteiger partial charge in [0.15, 0.2) is 17.3 Å². The van der Waals surface area contributed by atoms with E-state index in [1.807, 2.05) is 32.0 Å². The van der Waals surface area contributed by atoms with Crippen LogP contribution in [0.4, 0.5) is 0 Å². The van der Waals surface area contributed by atoms with Crippen molar-refractivity contribution in [3.8, 4) is 11.5 Å². The second-order valence-corrected chi connectivity index (χ2v) is 7.66. The highest BCUT2D eigenvalue weighted by Crippen LogP contribution is 2.32. The van der Waals surface area contributed by atoms with Gasteiger partial charge in [0.1, 0.15) is 11.7 Å². The van der Waals surface area contributed by atoms with Gasteiger partial charge in [-0.1, -0.05) is 6.07 Å². The first-order chi connectivity index (χ1) is 13.8. The van der Waals surface area contributed by atoms with Gasteiger partial charge in [-0.25, -0.2) is 0 Å². The van der Waals surface area contributed by atoms with Gasteiger partial charge in [-0.05, 0) is 50.1 Å². The normalized spacial score (nSPS) is 19.3. The maximum Gasteiger partial charge on any atom is 0.263 e. The lowest BCUT2D eigenvalue weighted by molar-refractivity contribution is -0.137. The molecule has 1 saturated heterocycles. The largest absolute Gasteiger partial charge is 0.454 e. The fourth-order valence-electron chi connectivity index (χ4n) is 3.46. The van der Waals surface area contributed by atoms with Gasteiger partial charge in [0.05, 0.1) is 13.2 Å². The van der Waals surface area contributed by atoms with Crippen molar-refractivity contribution >= 4 is 5.91 Å². The van der Waals surface area contributed by atoms with Crippen LogP contribution in [0.1, 0.15) is 35.3 Å². The van der Waals surface area contributed by atoms with Crippen LogP contribution in [0, 0.1) is 6.92 Å². The summed E-state index contributed by atoms with van der Waals surface area (Å²) >= 11 is 0. The molecule has 29 heavy (non-hydrogen) atoms. The summed E-state index contributed by atoms with van der Waals surface area (Å²) in [6.45, 7) is 6.59. The Hall–Kier alpha value is -2.84. The van der Waals surface area contributed by atoms with Crippen molar-refractivity contribution in [2.75, 3.05) is 19.9 Å². The van der Waals surface area contributed by atoms with Gasteiger partial charge < -0.3 is 28.8 Å². The van der Waals surface area contributed by atoms with Gasteiger partial charge in [0, 0.05) is 12.7 Å². The number of pyridine rings is 1. The number of benzene rings is 1. The molecule has 0 saturated carbocycles. The molecule has 0 radical (unpaired) electrons. The maximum atomic E-state index is 13.0. The second kappa shape index (κ2) is 7.53. The van der Waals surface area contributed by atoms with E-state index in [0.717, 1.165) is 5.56 Å². The first-order valence-electron chi connectivity index (χ1n) is 9.51. The summed E-state index contributed by atoms with van der Waals surface area (Å²) < 4.78 is 23.4. The van der Waals surface area contributed by atoms with Gasteiger partial charge in [0.2, 0.25) is 6.79 Å². The van der Waals surface area contributed by atoms with Crippen LogP contribution in [0.2, 0.25) is 0 Å². The number of fused-ring (bicyclic) bond motifs is 1. The van der Waals surface area contributed by atoms with E-state index in [1.165, 1.54) is 4.57 Å². The van der Waals surface area contributed by atoms with Crippen molar-refractivity contribution in [3.63, 3.8) is 0 Å². The standard InChI is InChI=1S/C21H24N2O6/c1-13-6-7-23(10-14-4-5-16-17(8-14)27-12-26-16)20(25)18(13)19(24)22-9-15-11-28-21(2,3)29-15/h4-8,15H,9-12H2,1-3H3,(H,22,24). The molecule has 1 N–H and O–H groups in total. The Labute approximate surface area is 168 Å². The summed E-state index contributed by atoms with van der Waals surface area (Å²) in [5, 5.41) is 2.79. The lowest BCUT2D eigenvalue weighted by atomic mass is 10.1. The van der Waals surface area contributed by atoms with Crippen molar-refractivity contribution in [1.82, 2.24) is 9.88 Å². The average Bonchev–Trinajstić information content (AvgIpc) is 3.27. The van der Waals surface area contributed by atoms with E-state index in [9.17, 15) is 9.59 Å². The molecule has 0 bridgehead atoms. The summed E-state index contributed by atoms with van der Waals surface area (Å²) in [7, 11) is 0. The summed E-state index contributed by atoms with van der Waals surface area (Å²) in [6, 6.07) is 7.30. The van der Waals surface area contributed by atoms with Crippen LogP contribution in [0.3, 0.4) is 0 Å². The zero-order valence-corrected chi connectivity index (χ0v) is 16.7. The number of aryl methyl sites for hydroxylation is 1. The number of carbonyl (C=O) groups excluding carboxylic acids is 1. The smallest absolute Gasteiger partial charge is 0.263 e. The Morgan fingerprint density at radius 1 is 1.24 bits per heavy atom. The van der Waals surface area contributed by atoms with Crippen LogP contribution in [0.25, 0.3) is 0 Å². The Bertz CT molecular complexity index is 997. The lowest BCUT2D eigenvalue weighted by Gasteiger charge is -2.17. The molecular weight excluding hydrogens is 376 g/mol. The van der Waals surface area contributed by atoms with E-state index < -0.39 is 11.7 Å². The quantitative estimate of drug-likeness (QED) is 0.824. The van der Waals surface area contributed by atoms with Crippen LogP contribution < -0.4 is 20.3 Å². The van der Waals surface area contributed by atoms with Crippen molar-refractivity contribution < 1.29 is 23.7 Å². The molecule has 3 heterocycles. The molecule has 2 aliphatic heterocycles. The molecule has 8 heteroatoms. The van der Waals surface area contributed by atoms with E-state index in [2.05, 4.69) is 5.32 Å². The number of aromatic nitrogens is 1. The summed E-state index contributed by atoms with van der Waals surface area (Å²) in [5.74, 6) is 0.268. The van der Waals surface area contributed by atoms with Gasteiger partial charge in [-0.3, -0.25) is 9.59 Å². The number of nitrogens with one attached hydrogen (secondary N) is 1. The number of amides is 1. The van der Waals surface area contributed by atoms with Crippen LogP contribution in [-0.2, 0) is 16.0 Å². The number of rotatable bonds is 5. The molecule has 8 nitrogen and oxygen atoms in total. The molecule has 1 amide bonds. The van der Waals surface area contributed by atoms with Crippen LogP contribution in [0.5, 0.6) is 11.5 Å². The highest BCUT2D eigenvalue weighted by atomic mass is 16.7. The number of nitrogens with zero attached hydrogens (tertiary/aromatic N) is 1. The molecule has 1 aromatic heterocycles.